The minimum Gasteiger partial charge on any atom is -0.486 e. The van der Waals surface area contributed by atoms with E-state index in [1.807, 2.05) is 61.5 Å². The number of fused-ring (bicyclic) bond motifs is 1. The van der Waals surface area contributed by atoms with Crippen molar-refractivity contribution in [2.75, 3.05) is 38.8 Å². The molecule has 2 aromatic heterocycles. The van der Waals surface area contributed by atoms with Crippen LogP contribution < -0.4 is 19.7 Å². The summed E-state index contributed by atoms with van der Waals surface area (Å²) in [6, 6.07) is 13.0. The maximum absolute atomic E-state index is 12.3. The van der Waals surface area contributed by atoms with E-state index in [0.29, 0.717) is 29.6 Å². The zero-order valence-electron chi connectivity index (χ0n) is 18.0. The summed E-state index contributed by atoms with van der Waals surface area (Å²) in [7, 11) is 3.81. The first kappa shape index (κ1) is 21.5. The number of benzene rings is 1. The maximum Gasteiger partial charge on any atom is 0.246 e. The molecule has 0 radical (unpaired) electrons. The van der Waals surface area contributed by atoms with Gasteiger partial charge >= 0.3 is 0 Å². The Hall–Kier alpha value is -3.72. The maximum atomic E-state index is 12.3. The van der Waals surface area contributed by atoms with Crippen LogP contribution in [0.25, 0.3) is 11.4 Å². The van der Waals surface area contributed by atoms with Crippen molar-refractivity contribution in [1.29, 1.82) is 0 Å². The number of carbonyl (C=O) groups is 1. The third-order valence-corrected chi connectivity index (χ3v) is 4.71. The standard InChI is InChI=1S/C23H25N5O4/c1-28(2)21-10-17(26-23(27-21)16-6-5-9-24-11-16)12-25-22(29)15-30-13-18-14-31-19-7-3-4-8-20(19)32-18/h3-11,18H,12-15H2,1-2H3,(H,25,29)/t18-/m0/s1. The van der Waals surface area contributed by atoms with Crippen LogP contribution in [0.5, 0.6) is 11.5 Å². The molecule has 0 bridgehead atoms. The molecule has 0 saturated heterocycles. The smallest absolute Gasteiger partial charge is 0.246 e. The highest BCUT2D eigenvalue weighted by Gasteiger charge is 2.21. The number of nitrogens with one attached hydrogen (secondary N) is 1. The molecule has 3 heterocycles. The van der Waals surface area contributed by atoms with Crippen LogP contribution >= 0.6 is 0 Å². The Kier molecular flexibility index (Phi) is 6.76. The highest BCUT2D eigenvalue weighted by molar-refractivity contribution is 5.77. The number of carbonyl (C=O) groups excluding carboxylic acids is 1. The van der Waals surface area contributed by atoms with Gasteiger partial charge < -0.3 is 24.4 Å². The van der Waals surface area contributed by atoms with Gasteiger partial charge in [-0.05, 0) is 24.3 Å². The van der Waals surface area contributed by atoms with Crippen LogP contribution in [-0.4, -0.2) is 60.9 Å². The highest BCUT2D eigenvalue weighted by atomic mass is 16.6. The Morgan fingerprint density at radius 3 is 2.81 bits per heavy atom. The zero-order valence-corrected chi connectivity index (χ0v) is 18.0. The van der Waals surface area contributed by atoms with Crippen molar-refractivity contribution in [2.24, 2.45) is 0 Å². The van der Waals surface area contributed by atoms with Gasteiger partial charge in [0.25, 0.3) is 0 Å². The molecule has 0 saturated carbocycles. The SMILES string of the molecule is CN(C)c1cc(CNC(=O)COC[C@H]2COc3ccccc3O2)nc(-c2cccnc2)n1. The number of ether oxygens (including phenoxy) is 3. The number of hydrogen-bond acceptors (Lipinski definition) is 8. The third kappa shape index (κ3) is 5.50. The van der Waals surface area contributed by atoms with Crippen molar-refractivity contribution < 1.29 is 19.0 Å². The fraction of sp³-hybridized carbons (Fsp3) is 0.304. The minimum absolute atomic E-state index is 0.0808. The molecule has 4 rings (SSSR count). The summed E-state index contributed by atoms with van der Waals surface area (Å²) in [5.41, 5.74) is 1.50. The Labute approximate surface area is 186 Å². The van der Waals surface area contributed by atoms with E-state index >= 15 is 0 Å². The lowest BCUT2D eigenvalue weighted by atomic mass is 10.2. The molecule has 1 aromatic carbocycles. The average Bonchev–Trinajstić information content (AvgIpc) is 2.83. The fourth-order valence-electron chi connectivity index (χ4n) is 3.10. The molecule has 166 valence electrons. The topological polar surface area (TPSA) is 98.7 Å². The molecule has 3 aromatic rings. The zero-order chi connectivity index (χ0) is 22.3. The van der Waals surface area contributed by atoms with E-state index in [1.54, 1.807) is 12.4 Å². The average molecular weight is 435 g/mol. The summed E-state index contributed by atoms with van der Waals surface area (Å²) >= 11 is 0. The van der Waals surface area contributed by atoms with Crippen molar-refractivity contribution >= 4 is 11.7 Å². The van der Waals surface area contributed by atoms with Gasteiger partial charge in [0.2, 0.25) is 5.91 Å². The van der Waals surface area contributed by atoms with Gasteiger partial charge in [-0.1, -0.05) is 12.1 Å². The molecule has 0 aliphatic carbocycles. The summed E-state index contributed by atoms with van der Waals surface area (Å²) in [6.45, 7) is 0.813. The van der Waals surface area contributed by atoms with Gasteiger partial charge in [0.1, 0.15) is 19.0 Å². The van der Waals surface area contributed by atoms with Gasteiger partial charge in [0, 0.05) is 38.1 Å². The first-order chi connectivity index (χ1) is 15.6. The van der Waals surface area contributed by atoms with Crippen LogP contribution in [0.2, 0.25) is 0 Å². The summed E-state index contributed by atoms with van der Waals surface area (Å²) in [6.07, 6.45) is 3.15. The van der Waals surface area contributed by atoms with Crippen LogP contribution in [0.15, 0.2) is 54.9 Å². The Morgan fingerprint density at radius 2 is 2.03 bits per heavy atom. The molecule has 1 amide bonds. The Balaban J connectivity index is 1.29. The lowest BCUT2D eigenvalue weighted by Gasteiger charge is -2.26. The normalized spacial score (nSPS) is 14.6. The summed E-state index contributed by atoms with van der Waals surface area (Å²) in [5.74, 6) is 2.46. The number of hydrogen-bond donors (Lipinski definition) is 1. The minimum atomic E-state index is -0.260. The van der Waals surface area contributed by atoms with Crippen molar-refractivity contribution in [1.82, 2.24) is 20.3 Å². The third-order valence-electron chi connectivity index (χ3n) is 4.71. The predicted molar refractivity (Wildman–Crippen MR) is 119 cm³/mol. The van der Waals surface area contributed by atoms with Crippen molar-refractivity contribution in [3.05, 3.63) is 60.6 Å². The van der Waals surface area contributed by atoms with E-state index in [4.69, 9.17) is 14.2 Å². The quantitative estimate of drug-likeness (QED) is 0.574. The number of rotatable bonds is 8. The molecule has 9 nitrogen and oxygen atoms in total. The van der Waals surface area contributed by atoms with Gasteiger partial charge in [0.15, 0.2) is 23.4 Å². The summed E-state index contributed by atoms with van der Waals surface area (Å²) < 4.78 is 17.0. The Bertz CT molecular complexity index is 1060. The second kappa shape index (κ2) is 10.1. The fourth-order valence-corrected chi connectivity index (χ4v) is 3.10. The number of nitrogens with zero attached hydrogens (tertiary/aromatic N) is 4. The molecule has 0 spiro atoms. The molecule has 9 heteroatoms. The lowest BCUT2D eigenvalue weighted by Crippen LogP contribution is -2.35. The van der Waals surface area contributed by atoms with Gasteiger partial charge in [-0.2, -0.15) is 0 Å². The van der Waals surface area contributed by atoms with Crippen LogP contribution in [0.4, 0.5) is 5.82 Å². The number of para-hydroxylation sites is 2. The molecule has 1 atom stereocenters. The van der Waals surface area contributed by atoms with E-state index in [2.05, 4.69) is 20.3 Å². The Morgan fingerprint density at radius 1 is 1.19 bits per heavy atom. The number of anilines is 1. The molecule has 0 unspecified atom stereocenters. The van der Waals surface area contributed by atoms with Gasteiger partial charge in [-0.15, -0.1) is 0 Å². The second-order valence-corrected chi connectivity index (χ2v) is 7.47. The first-order valence-electron chi connectivity index (χ1n) is 10.3. The molecule has 1 N–H and O–H groups in total. The summed E-state index contributed by atoms with van der Waals surface area (Å²) in [5, 5.41) is 2.84. The van der Waals surface area contributed by atoms with Crippen molar-refractivity contribution in [3.63, 3.8) is 0 Å². The van der Waals surface area contributed by atoms with Crippen LogP contribution in [0.3, 0.4) is 0 Å². The number of amides is 1. The van der Waals surface area contributed by atoms with Crippen molar-refractivity contribution in [2.45, 2.75) is 12.6 Å². The molecule has 1 aliphatic rings. The monoisotopic (exact) mass is 435 g/mol. The molecule has 1 aliphatic heterocycles. The highest BCUT2D eigenvalue weighted by Crippen LogP contribution is 2.30. The molecular formula is C23H25N5O4. The molecule has 0 fully saturated rings. The van der Waals surface area contributed by atoms with E-state index in [1.165, 1.54) is 0 Å². The largest absolute Gasteiger partial charge is 0.486 e. The first-order valence-corrected chi connectivity index (χ1v) is 10.3. The van der Waals surface area contributed by atoms with E-state index in [0.717, 1.165) is 11.4 Å². The van der Waals surface area contributed by atoms with Crippen molar-refractivity contribution in [3.8, 4) is 22.9 Å². The lowest BCUT2D eigenvalue weighted by molar-refractivity contribution is -0.127. The van der Waals surface area contributed by atoms with Gasteiger partial charge in [-0.3, -0.25) is 9.78 Å². The van der Waals surface area contributed by atoms with E-state index in [9.17, 15) is 4.79 Å². The van der Waals surface area contributed by atoms with Crippen LogP contribution in [0.1, 0.15) is 5.69 Å². The second-order valence-electron chi connectivity index (χ2n) is 7.47. The molecule has 32 heavy (non-hydrogen) atoms. The number of aromatic nitrogens is 3. The van der Waals surface area contributed by atoms with Gasteiger partial charge in [0.05, 0.1) is 18.8 Å². The van der Waals surface area contributed by atoms with Crippen LogP contribution in [-0.2, 0) is 16.1 Å². The predicted octanol–water partition coefficient (Wildman–Crippen LogP) is 2.08. The summed E-state index contributed by atoms with van der Waals surface area (Å²) in [4.78, 5) is 27.4. The van der Waals surface area contributed by atoms with Gasteiger partial charge in [-0.25, -0.2) is 9.97 Å². The van der Waals surface area contributed by atoms with Crippen LogP contribution in [0, 0.1) is 0 Å². The number of pyridine rings is 1. The van der Waals surface area contributed by atoms with E-state index in [-0.39, 0.29) is 31.8 Å². The van der Waals surface area contributed by atoms with E-state index < -0.39 is 0 Å². The molecular weight excluding hydrogens is 410 g/mol.